The SMILES string of the molecule is CCOC(=O)c1cnn(-c2nc(OCc3ccccc3)c3c(ncn3Cc3cc(OC)ccc3Br)n2)c1. The first-order valence-electron chi connectivity index (χ1n) is 11.5. The molecule has 2 aromatic carbocycles. The molecule has 11 heteroatoms. The standard InChI is InChI=1S/C26H23BrN6O4/c1-3-36-25(34)19-12-29-33(14-19)26-30-23-22(24(31-26)37-15-17-7-5-4-6-8-17)32(16-28-23)13-18-11-20(35-2)9-10-21(18)27/h4-12,14,16H,3,13,15H2,1-2H3. The largest absolute Gasteiger partial charge is 0.497 e. The molecule has 5 aromatic rings. The Balaban J connectivity index is 1.55. The van der Waals surface area contributed by atoms with E-state index in [0.29, 0.717) is 35.8 Å². The number of rotatable bonds is 9. The van der Waals surface area contributed by atoms with Crippen molar-refractivity contribution in [2.45, 2.75) is 20.1 Å². The topological polar surface area (TPSA) is 106 Å². The molecule has 188 valence electrons. The van der Waals surface area contributed by atoms with Crippen molar-refractivity contribution in [3.63, 3.8) is 0 Å². The molecule has 0 bridgehead atoms. The number of nitrogens with zero attached hydrogens (tertiary/aromatic N) is 6. The van der Waals surface area contributed by atoms with Gasteiger partial charge >= 0.3 is 5.97 Å². The van der Waals surface area contributed by atoms with Crippen LogP contribution in [0.15, 0.2) is 71.7 Å². The fourth-order valence-corrected chi connectivity index (χ4v) is 4.09. The number of hydrogen-bond acceptors (Lipinski definition) is 8. The maximum Gasteiger partial charge on any atom is 0.341 e. The van der Waals surface area contributed by atoms with Crippen molar-refractivity contribution < 1.29 is 19.0 Å². The number of carbonyl (C=O) groups is 1. The number of halogens is 1. The summed E-state index contributed by atoms with van der Waals surface area (Å²) in [6.07, 6.45) is 4.62. The Bertz CT molecular complexity index is 1550. The Morgan fingerprint density at radius 2 is 1.95 bits per heavy atom. The Morgan fingerprint density at radius 1 is 1.11 bits per heavy atom. The summed E-state index contributed by atoms with van der Waals surface area (Å²) < 4.78 is 20.9. The van der Waals surface area contributed by atoms with Crippen molar-refractivity contribution in [3.05, 3.63) is 88.4 Å². The molecule has 0 spiro atoms. The van der Waals surface area contributed by atoms with Crippen LogP contribution in [0.3, 0.4) is 0 Å². The number of aromatic nitrogens is 6. The molecule has 0 saturated carbocycles. The zero-order chi connectivity index (χ0) is 25.8. The number of imidazole rings is 1. The van der Waals surface area contributed by atoms with Crippen molar-refractivity contribution in [1.29, 1.82) is 0 Å². The van der Waals surface area contributed by atoms with Crippen molar-refractivity contribution in [2.75, 3.05) is 13.7 Å². The molecule has 0 radical (unpaired) electrons. The van der Waals surface area contributed by atoms with Crippen LogP contribution in [0.4, 0.5) is 0 Å². The number of hydrogen-bond donors (Lipinski definition) is 0. The highest BCUT2D eigenvalue weighted by atomic mass is 79.9. The second kappa shape index (κ2) is 10.8. The number of carbonyl (C=O) groups excluding carboxylic acids is 1. The van der Waals surface area contributed by atoms with Gasteiger partial charge in [-0.15, -0.1) is 0 Å². The second-order valence-electron chi connectivity index (χ2n) is 8.00. The number of benzene rings is 2. The minimum atomic E-state index is -0.469. The minimum Gasteiger partial charge on any atom is -0.497 e. The van der Waals surface area contributed by atoms with Crippen molar-refractivity contribution in [3.8, 4) is 17.6 Å². The summed E-state index contributed by atoms with van der Waals surface area (Å²) in [5, 5.41) is 4.24. The molecule has 0 fully saturated rings. The summed E-state index contributed by atoms with van der Waals surface area (Å²) in [5.41, 5.74) is 3.34. The first-order chi connectivity index (χ1) is 18.1. The van der Waals surface area contributed by atoms with Gasteiger partial charge in [0.25, 0.3) is 5.95 Å². The van der Waals surface area contributed by atoms with Gasteiger partial charge in [0.1, 0.15) is 12.4 Å². The Hall–Kier alpha value is -4.25. The fraction of sp³-hybridized carbons (Fsp3) is 0.192. The van der Waals surface area contributed by atoms with Crippen LogP contribution < -0.4 is 9.47 Å². The third kappa shape index (κ3) is 5.31. The third-order valence-corrected chi connectivity index (χ3v) is 6.31. The first kappa shape index (κ1) is 24.4. The van der Waals surface area contributed by atoms with Gasteiger partial charge in [-0.3, -0.25) is 0 Å². The average molecular weight is 563 g/mol. The summed E-state index contributed by atoms with van der Waals surface area (Å²) in [7, 11) is 1.63. The van der Waals surface area contributed by atoms with Gasteiger partial charge in [0.05, 0.1) is 38.3 Å². The van der Waals surface area contributed by atoms with E-state index in [1.165, 1.54) is 17.1 Å². The molecule has 0 saturated heterocycles. The monoisotopic (exact) mass is 562 g/mol. The van der Waals surface area contributed by atoms with Crippen LogP contribution in [0.2, 0.25) is 0 Å². The van der Waals surface area contributed by atoms with Gasteiger partial charge in [-0.05, 0) is 36.2 Å². The van der Waals surface area contributed by atoms with Gasteiger partial charge in [-0.2, -0.15) is 15.1 Å². The number of methoxy groups -OCH3 is 1. The Labute approximate surface area is 221 Å². The van der Waals surface area contributed by atoms with E-state index in [2.05, 4.69) is 36.0 Å². The van der Waals surface area contributed by atoms with E-state index >= 15 is 0 Å². The lowest BCUT2D eigenvalue weighted by Crippen LogP contribution is -2.08. The quantitative estimate of drug-likeness (QED) is 0.240. The van der Waals surface area contributed by atoms with E-state index in [1.54, 1.807) is 20.4 Å². The Morgan fingerprint density at radius 3 is 2.73 bits per heavy atom. The lowest BCUT2D eigenvalue weighted by molar-refractivity contribution is 0.0526. The van der Waals surface area contributed by atoms with E-state index in [0.717, 1.165) is 21.3 Å². The lowest BCUT2D eigenvalue weighted by Gasteiger charge is -2.12. The van der Waals surface area contributed by atoms with Gasteiger partial charge in [0.2, 0.25) is 5.88 Å². The summed E-state index contributed by atoms with van der Waals surface area (Å²) in [6.45, 7) is 2.79. The summed E-state index contributed by atoms with van der Waals surface area (Å²) in [5.74, 6) is 0.841. The van der Waals surface area contributed by atoms with Gasteiger partial charge in [-0.1, -0.05) is 46.3 Å². The normalized spacial score (nSPS) is 11.0. The predicted molar refractivity (Wildman–Crippen MR) is 139 cm³/mol. The zero-order valence-electron chi connectivity index (χ0n) is 20.2. The van der Waals surface area contributed by atoms with Crippen molar-refractivity contribution >= 4 is 33.1 Å². The highest BCUT2D eigenvalue weighted by Gasteiger charge is 2.19. The van der Waals surface area contributed by atoms with E-state index in [4.69, 9.17) is 14.2 Å². The van der Waals surface area contributed by atoms with Crippen LogP contribution in [0, 0.1) is 0 Å². The van der Waals surface area contributed by atoms with E-state index in [1.807, 2.05) is 53.1 Å². The second-order valence-corrected chi connectivity index (χ2v) is 8.85. The minimum absolute atomic E-state index is 0.221. The fourth-order valence-electron chi connectivity index (χ4n) is 3.72. The molecule has 0 amide bonds. The van der Waals surface area contributed by atoms with Crippen LogP contribution in [-0.4, -0.2) is 49.0 Å². The van der Waals surface area contributed by atoms with Crippen LogP contribution in [0.5, 0.6) is 11.6 Å². The molecule has 10 nitrogen and oxygen atoms in total. The van der Waals surface area contributed by atoms with Gasteiger partial charge in [0, 0.05) is 10.7 Å². The van der Waals surface area contributed by atoms with Gasteiger partial charge < -0.3 is 18.8 Å². The van der Waals surface area contributed by atoms with E-state index < -0.39 is 5.97 Å². The smallest absolute Gasteiger partial charge is 0.341 e. The molecule has 5 rings (SSSR count). The molecule has 0 aliphatic rings. The van der Waals surface area contributed by atoms with E-state index in [9.17, 15) is 4.79 Å². The predicted octanol–water partition coefficient (Wildman–Crippen LogP) is 4.59. The summed E-state index contributed by atoms with van der Waals surface area (Å²) in [6, 6.07) is 15.6. The lowest BCUT2D eigenvalue weighted by atomic mass is 10.2. The van der Waals surface area contributed by atoms with Crippen LogP contribution in [0.1, 0.15) is 28.4 Å². The Kier molecular flexibility index (Phi) is 7.13. The molecule has 0 atom stereocenters. The van der Waals surface area contributed by atoms with Crippen molar-refractivity contribution in [2.24, 2.45) is 0 Å². The third-order valence-electron chi connectivity index (χ3n) is 5.54. The molecule has 0 unspecified atom stereocenters. The van der Waals surface area contributed by atoms with Crippen LogP contribution in [-0.2, 0) is 17.9 Å². The summed E-state index contributed by atoms with van der Waals surface area (Å²) >= 11 is 3.62. The van der Waals surface area contributed by atoms with E-state index in [-0.39, 0.29) is 12.6 Å². The molecule has 0 N–H and O–H groups in total. The van der Waals surface area contributed by atoms with Crippen LogP contribution >= 0.6 is 15.9 Å². The average Bonchev–Trinajstić information content (AvgIpc) is 3.57. The zero-order valence-corrected chi connectivity index (χ0v) is 21.8. The number of fused-ring (bicyclic) bond motifs is 1. The molecular formula is C26H23BrN6O4. The van der Waals surface area contributed by atoms with Crippen LogP contribution in [0.25, 0.3) is 17.1 Å². The van der Waals surface area contributed by atoms with Gasteiger partial charge in [0.15, 0.2) is 11.2 Å². The maximum absolute atomic E-state index is 12.1. The highest BCUT2D eigenvalue weighted by molar-refractivity contribution is 9.10. The molecule has 3 aromatic heterocycles. The number of ether oxygens (including phenoxy) is 3. The van der Waals surface area contributed by atoms with Crippen molar-refractivity contribution in [1.82, 2.24) is 29.3 Å². The molecule has 3 heterocycles. The first-order valence-corrected chi connectivity index (χ1v) is 12.3. The maximum atomic E-state index is 12.1. The molecule has 37 heavy (non-hydrogen) atoms. The van der Waals surface area contributed by atoms with Gasteiger partial charge in [-0.25, -0.2) is 14.5 Å². The molecule has 0 aliphatic heterocycles. The molecule has 0 aliphatic carbocycles. The number of esters is 1. The molecular weight excluding hydrogens is 540 g/mol. The summed E-state index contributed by atoms with van der Waals surface area (Å²) in [4.78, 5) is 25.9. The highest BCUT2D eigenvalue weighted by Crippen LogP contribution is 2.28.